The standard InChI is InChI=1S/C15H10N4O/c1-10-5-6-11(9-16)8-12(10)15-18-14(19-20-15)13-4-2-3-7-17-13/h2-8H,1H3. The van der Waals surface area contributed by atoms with Gasteiger partial charge in [0.2, 0.25) is 5.82 Å². The Balaban J connectivity index is 2.05. The third-order valence-electron chi connectivity index (χ3n) is 2.92. The van der Waals surface area contributed by atoms with Crippen LogP contribution in [0, 0.1) is 18.3 Å². The summed E-state index contributed by atoms with van der Waals surface area (Å²) < 4.78 is 5.27. The van der Waals surface area contributed by atoms with Crippen molar-refractivity contribution in [2.24, 2.45) is 0 Å². The van der Waals surface area contributed by atoms with Crippen molar-refractivity contribution >= 4 is 0 Å². The molecule has 0 saturated carbocycles. The molecule has 0 bridgehead atoms. The molecule has 20 heavy (non-hydrogen) atoms. The van der Waals surface area contributed by atoms with E-state index in [0.717, 1.165) is 11.1 Å². The molecule has 0 aliphatic heterocycles. The van der Waals surface area contributed by atoms with E-state index in [1.54, 1.807) is 18.3 Å². The second-order valence-corrected chi connectivity index (χ2v) is 4.28. The number of pyridine rings is 1. The molecular formula is C15H10N4O. The minimum atomic E-state index is 0.389. The summed E-state index contributed by atoms with van der Waals surface area (Å²) in [6.07, 6.45) is 1.67. The first kappa shape index (κ1) is 12.1. The van der Waals surface area contributed by atoms with Crippen LogP contribution in [0.25, 0.3) is 23.0 Å². The summed E-state index contributed by atoms with van der Waals surface area (Å²) >= 11 is 0. The quantitative estimate of drug-likeness (QED) is 0.709. The molecule has 0 atom stereocenters. The SMILES string of the molecule is Cc1ccc(C#N)cc1-c1nc(-c2ccccn2)no1. The lowest BCUT2D eigenvalue weighted by Crippen LogP contribution is -1.87. The predicted molar refractivity (Wildman–Crippen MR) is 72.4 cm³/mol. The van der Waals surface area contributed by atoms with Gasteiger partial charge in [-0.05, 0) is 36.8 Å². The number of hydrogen-bond acceptors (Lipinski definition) is 5. The second kappa shape index (κ2) is 4.94. The minimum absolute atomic E-state index is 0.389. The highest BCUT2D eigenvalue weighted by molar-refractivity contribution is 5.63. The molecule has 3 aromatic rings. The van der Waals surface area contributed by atoms with Gasteiger partial charge in [-0.1, -0.05) is 17.3 Å². The van der Waals surface area contributed by atoms with Crippen molar-refractivity contribution in [3.63, 3.8) is 0 Å². The lowest BCUT2D eigenvalue weighted by atomic mass is 10.1. The van der Waals surface area contributed by atoms with Gasteiger partial charge in [0, 0.05) is 11.8 Å². The molecule has 0 fully saturated rings. The molecular weight excluding hydrogens is 252 g/mol. The maximum atomic E-state index is 8.96. The van der Waals surface area contributed by atoms with Crippen molar-refractivity contribution in [3.05, 3.63) is 53.7 Å². The maximum Gasteiger partial charge on any atom is 0.258 e. The highest BCUT2D eigenvalue weighted by atomic mass is 16.5. The molecule has 0 radical (unpaired) electrons. The van der Waals surface area contributed by atoms with Crippen molar-refractivity contribution in [2.45, 2.75) is 6.92 Å². The van der Waals surface area contributed by atoms with Crippen LogP contribution in [0.15, 0.2) is 47.1 Å². The first-order valence-electron chi connectivity index (χ1n) is 6.04. The third kappa shape index (κ3) is 2.15. The van der Waals surface area contributed by atoms with Crippen molar-refractivity contribution < 1.29 is 4.52 Å². The number of rotatable bonds is 2. The lowest BCUT2D eigenvalue weighted by Gasteiger charge is -2.00. The van der Waals surface area contributed by atoms with Crippen LogP contribution in [0.2, 0.25) is 0 Å². The van der Waals surface area contributed by atoms with Crippen LogP contribution in [0.1, 0.15) is 11.1 Å². The van der Waals surface area contributed by atoms with Crippen LogP contribution in [-0.2, 0) is 0 Å². The summed E-state index contributed by atoms with van der Waals surface area (Å²) in [5.41, 5.74) is 2.94. The molecule has 1 aromatic carbocycles. The zero-order chi connectivity index (χ0) is 13.9. The molecule has 2 heterocycles. The molecule has 96 valence electrons. The fraction of sp³-hybridized carbons (Fsp3) is 0.0667. The van der Waals surface area contributed by atoms with Crippen LogP contribution in [-0.4, -0.2) is 15.1 Å². The average molecular weight is 262 g/mol. The monoisotopic (exact) mass is 262 g/mol. The largest absolute Gasteiger partial charge is 0.334 e. The number of aryl methyl sites for hydroxylation is 1. The molecule has 0 saturated heterocycles. The minimum Gasteiger partial charge on any atom is -0.334 e. The van der Waals surface area contributed by atoms with Gasteiger partial charge in [0.05, 0.1) is 11.6 Å². The van der Waals surface area contributed by atoms with Crippen LogP contribution in [0.5, 0.6) is 0 Å². The van der Waals surface area contributed by atoms with Gasteiger partial charge < -0.3 is 4.52 Å². The van der Waals surface area contributed by atoms with E-state index in [9.17, 15) is 0 Å². The van der Waals surface area contributed by atoms with Crippen molar-refractivity contribution in [2.75, 3.05) is 0 Å². The molecule has 2 aromatic heterocycles. The lowest BCUT2D eigenvalue weighted by molar-refractivity contribution is 0.432. The van der Waals surface area contributed by atoms with Gasteiger partial charge in [-0.3, -0.25) is 4.98 Å². The van der Waals surface area contributed by atoms with E-state index in [4.69, 9.17) is 9.78 Å². The smallest absolute Gasteiger partial charge is 0.258 e. The zero-order valence-corrected chi connectivity index (χ0v) is 10.7. The topological polar surface area (TPSA) is 75.6 Å². The summed E-state index contributed by atoms with van der Waals surface area (Å²) in [4.78, 5) is 8.51. The Bertz CT molecular complexity index is 787. The fourth-order valence-electron chi connectivity index (χ4n) is 1.85. The van der Waals surface area contributed by atoms with Crippen LogP contribution in [0.4, 0.5) is 0 Å². The molecule has 0 N–H and O–H groups in total. The molecule has 0 aliphatic rings. The van der Waals surface area contributed by atoms with E-state index in [1.807, 2.05) is 31.2 Å². The van der Waals surface area contributed by atoms with Gasteiger partial charge >= 0.3 is 0 Å². The Labute approximate surface area is 115 Å². The van der Waals surface area contributed by atoms with Crippen molar-refractivity contribution in [3.8, 4) is 29.0 Å². The number of benzene rings is 1. The van der Waals surface area contributed by atoms with E-state index in [1.165, 1.54) is 0 Å². The summed E-state index contributed by atoms with van der Waals surface area (Å²) in [6.45, 7) is 1.93. The molecule has 0 amide bonds. The normalized spacial score (nSPS) is 10.2. The van der Waals surface area contributed by atoms with E-state index < -0.39 is 0 Å². The van der Waals surface area contributed by atoms with Crippen LogP contribution < -0.4 is 0 Å². The molecule has 0 unspecified atom stereocenters. The van der Waals surface area contributed by atoms with Crippen LogP contribution in [0.3, 0.4) is 0 Å². The van der Waals surface area contributed by atoms with Crippen LogP contribution >= 0.6 is 0 Å². The Morgan fingerprint density at radius 2 is 2.10 bits per heavy atom. The molecule has 0 aliphatic carbocycles. The number of hydrogen-bond donors (Lipinski definition) is 0. The Morgan fingerprint density at radius 1 is 1.20 bits per heavy atom. The summed E-state index contributed by atoms with van der Waals surface area (Å²) in [5.74, 6) is 0.822. The Hall–Kier alpha value is -3.00. The highest BCUT2D eigenvalue weighted by Crippen LogP contribution is 2.25. The molecule has 3 rings (SSSR count). The summed E-state index contributed by atoms with van der Waals surface area (Å²) in [7, 11) is 0. The first-order chi connectivity index (χ1) is 9.78. The van der Waals surface area contributed by atoms with Gasteiger partial charge in [0.15, 0.2) is 0 Å². The summed E-state index contributed by atoms with van der Waals surface area (Å²) in [6, 6.07) is 13.0. The van der Waals surface area contributed by atoms with Gasteiger partial charge in [-0.25, -0.2) is 0 Å². The highest BCUT2D eigenvalue weighted by Gasteiger charge is 2.13. The van der Waals surface area contributed by atoms with Gasteiger partial charge in [-0.2, -0.15) is 10.2 Å². The van der Waals surface area contributed by atoms with Crippen molar-refractivity contribution in [1.82, 2.24) is 15.1 Å². The molecule has 5 heteroatoms. The van der Waals surface area contributed by atoms with E-state index in [2.05, 4.69) is 21.2 Å². The maximum absolute atomic E-state index is 8.96. The zero-order valence-electron chi connectivity index (χ0n) is 10.7. The van der Waals surface area contributed by atoms with E-state index in [0.29, 0.717) is 23.0 Å². The fourth-order valence-corrected chi connectivity index (χ4v) is 1.85. The van der Waals surface area contributed by atoms with Gasteiger partial charge in [0.1, 0.15) is 5.69 Å². The van der Waals surface area contributed by atoms with E-state index >= 15 is 0 Å². The molecule has 5 nitrogen and oxygen atoms in total. The van der Waals surface area contributed by atoms with Gasteiger partial charge in [0.25, 0.3) is 5.89 Å². The van der Waals surface area contributed by atoms with E-state index in [-0.39, 0.29) is 0 Å². The molecule has 0 spiro atoms. The summed E-state index contributed by atoms with van der Waals surface area (Å²) in [5, 5.41) is 12.9. The van der Waals surface area contributed by atoms with Crippen molar-refractivity contribution in [1.29, 1.82) is 5.26 Å². The Kier molecular flexibility index (Phi) is 2.98. The third-order valence-corrected chi connectivity index (χ3v) is 2.92. The average Bonchev–Trinajstić information content (AvgIpc) is 2.98. The Morgan fingerprint density at radius 3 is 2.85 bits per heavy atom. The number of nitriles is 1. The predicted octanol–water partition coefficient (Wildman–Crippen LogP) is 2.98. The number of aromatic nitrogens is 3. The second-order valence-electron chi connectivity index (χ2n) is 4.28. The van der Waals surface area contributed by atoms with Gasteiger partial charge in [-0.15, -0.1) is 0 Å². The first-order valence-corrected chi connectivity index (χ1v) is 6.04. The number of nitrogens with zero attached hydrogens (tertiary/aromatic N) is 4.